The summed E-state index contributed by atoms with van der Waals surface area (Å²) in [6.07, 6.45) is 70.8. The molecule has 0 rings (SSSR count). The van der Waals surface area contributed by atoms with Crippen LogP contribution in [0.2, 0.25) is 0 Å². The van der Waals surface area contributed by atoms with Crippen molar-refractivity contribution in [2.75, 3.05) is 39.6 Å². The fourth-order valence-electron chi connectivity index (χ4n) is 8.90. The van der Waals surface area contributed by atoms with Crippen LogP contribution in [0.5, 0.6) is 0 Å². The number of hydrogen-bond donors (Lipinski definition) is 3. The minimum Gasteiger partial charge on any atom is -0.462 e. The zero-order valence-electron chi connectivity index (χ0n) is 58.3. The molecule has 5 atom stereocenters. The fraction of sp³-hybridized carbons (Fsp3) is 0.680. The van der Waals surface area contributed by atoms with E-state index in [4.69, 9.17) is 37.0 Å². The maximum atomic E-state index is 13.0. The summed E-state index contributed by atoms with van der Waals surface area (Å²) in [5, 5.41) is 10.6. The van der Waals surface area contributed by atoms with Crippen molar-refractivity contribution in [2.45, 2.75) is 290 Å². The molecule has 0 saturated carbocycles. The standard InChI is InChI=1S/C75H126O17P2/c1-5-9-13-17-21-25-29-32-33-34-35-38-41-44-48-52-56-60-73(78)86-65-70(91-74(79)61-57-53-49-45-39-28-24-20-16-12-8-4)67-89-93(81,82)87-63-69(76)64-88-94(83,84)90-68-71(92-75(80)62-58-54-50-46-42-37-31-27-23-19-15-11-7-3)66-85-72(77)59-55-51-47-43-40-36-30-26-22-18-14-10-6-2/h9,13-15,18-21,24-27,30-33,35,38,44,48,69-71,76H,5-8,10-12,16-17,22-23,28-29,34,36-37,39-43,45-47,49-68H2,1-4H3,(H,81,82)(H,83,84)/b13-9-,18-14-,19-15-,24-20-,25-21-,30-26-,31-27-,33-32-,38-35-,48-44-. The summed E-state index contributed by atoms with van der Waals surface area (Å²) in [5.41, 5.74) is 0. The van der Waals surface area contributed by atoms with E-state index in [1.54, 1.807) is 0 Å². The summed E-state index contributed by atoms with van der Waals surface area (Å²) in [6.45, 7) is 4.45. The molecule has 0 aromatic carbocycles. The fourth-order valence-corrected chi connectivity index (χ4v) is 10.5. The van der Waals surface area contributed by atoms with E-state index in [-0.39, 0.29) is 25.7 Å². The Bertz CT molecular complexity index is 2270. The number of ether oxygens (including phenoxy) is 4. The van der Waals surface area contributed by atoms with E-state index in [2.05, 4.69) is 137 Å². The molecule has 19 heteroatoms. The zero-order chi connectivity index (χ0) is 69.0. The van der Waals surface area contributed by atoms with Crippen LogP contribution in [-0.2, 0) is 65.4 Å². The predicted molar refractivity (Wildman–Crippen MR) is 381 cm³/mol. The van der Waals surface area contributed by atoms with Crippen molar-refractivity contribution in [1.82, 2.24) is 0 Å². The average molecular weight is 1360 g/mol. The Morgan fingerprint density at radius 1 is 0.309 bits per heavy atom. The number of esters is 4. The van der Waals surface area contributed by atoms with Gasteiger partial charge < -0.3 is 33.8 Å². The van der Waals surface area contributed by atoms with Gasteiger partial charge in [0.05, 0.1) is 26.4 Å². The second-order valence-electron chi connectivity index (χ2n) is 23.4. The van der Waals surface area contributed by atoms with Crippen LogP contribution in [0.25, 0.3) is 0 Å². The smallest absolute Gasteiger partial charge is 0.462 e. The van der Waals surface area contributed by atoms with Gasteiger partial charge in [0.15, 0.2) is 12.2 Å². The molecule has 0 amide bonds. The first kappa shape index (κ1) is 89.5. The van der Waals surface area contributed by atoms with E-state index in [1.165, 1.54) is 12.8 Å². The van der Waals surface area contributed by atoms with E-state index in [0.29, 0.717) is 32.1 Å². The van der Waals surface area contributed by atoms with E-state index >= 15 is 0 Å². The molecule has 0 aliphatic carbocycles. The van der Waals surface area contributed by atoms with Crippen LogP contribution in [0.1, 0.15) is 272 Å². The number of hydrogen-bond acceptors (Lipinski definition) is 15. The molecule has 5 unspecified atom stereocenters. The summed E-state index contributed by atoms with van der Waals surface area (Å²) in [5.74, 6) is -2.29. The third-order valence-corrected chi connectivity index (χ3v) is 16.2. The van der Waals surface area contributed by atoms with Crippen LogP contribution in [0.4, 0.5) is 0 Å². The SMILES string of the molecule is CC/C=C\C/C=C\C/C=C\C/C=C\C/C=C\CCCC(=O)OCC(COP(=O)(O)OCC(O)COP(=O)(O)OCC(COC(=O)CCCCCCC/C=C\C/C=C\CCC)OC(=O)CCCCCCC/C=C\C/C=C\CCC)OC(=O)CCCCCCC/C=C\CCCC. The molecule has 0 aliphatic rings. The highest BCUT2D eigenvalue weighted by Gasteiger charge is 2.30. The summed E-state index contributed by atoms with van der Waals surface area (Å²) >= 11 is 0. The summed E-state index contributed by atoms with van der Waals surface area (Å²) in [4.78, 5) is 72.6. The number of allylic oxidation sites excluding steroid dienone is 20. The number of aliphatic hydroxyl groups excluding tert-OH is 1. The van der Waals surface area contributed by atoms with Gasteiger partial charge in [-0.2, -0.15) is 0 Å². The van der Waals surface area contributed by atoms with Crippen LogP contribution in [0.3, 0.4) is 0 Å². The molecule has 0 spiro atoms. The van der Waals surface area contributed by atoms with Gasteiger partial charge in [0.25, 0.3) is 0 Å². The van der Waals surface area contributed by atoms with Crippen molar-refractivity contribution in [3.05, 3.63) is 122 Å². The molecular weight excluding hydrogens is 1230 g/mol. The molecule has 538 valence electrons. The van der Waals surface area contributed by atoms with Gasteiger partial charge in [-0.1, -0.05) is 233 Å². The molecule has 0 fully saturated rings. The third-order valence-electron chi connectivity index (χ3n) is 14.3. The summed E-state index contributed by atoms with van der Waals surface area (Å²) < 4.78 is 68.2. The van der Waals surface area contributed by atoms with Crippen molar-refractivity contribution in [3.8, 4) is 0 Å². The Labute approximate surface area is 568 Å². The van der Waals surface area contributed by atoms with Crippen molar-refractivity contribution in [3.63, 3.8) is 0 Å². The first-order valence-corrected chi connectivity index (χ1v) is 38.8. The predicted octanol–water partition coefficient (Wildman–Crippen LogP) is 20.0. The number of aliphatic hydroxyl groups is 1. The van der Waals surface area contributed by atoms with Crippen molar-refractivity contribution in [1.29, 1.82) is 0 Å². The van der Waals surface area contributed by atoms with Gasteiger partial charge in [-0.15, -0.1) is 0 Å². The van der Waals surface area contributed by atoms with Crippen molar-refractivity contribution >= 4 is 39.5 Å². The maximum absolute atomic E-state index is 13.0. The lowest BCUT2D eigenvalue weighted by Gasteiger charge is -2.21. The van der Waals surface area contributed by atoms with Gasteiger partial charge in [-0.05, 0) is 135 Å². The number of unbranched alkanes of at least 4 members (excludes halogenated alkanes) is 20. The highest BCUT2D eigenvalue weighted by molar-refractivity contribution is 7.47. The number of rotatable bonds is 66. The number of phosphoric ester groups is 2. The molecule has 0 saturated heterocycles. The highest BCUT2D eigenvalue weighted by Crippen LogP contribution is 2.45. The Balaban J connectivity index is 5.39. The molecule has 94 heavy (non-hydrogen) atoms. The molecule has 3 N–H and O–H groups in total. The van der Waals surface area contributed by atoms with Crippen LogP contribution in [0.15, 0.2) is 122 Å². The molecule has 0 aromatic heterocycles. The van der Waals surface area contributed by atoms with E-state index in [9.17, 15) is 43.2 Å². The van der Waals surface area contributed by atoms with E-state index < -0.39 is 97.5 Å². The molecule has 17 nitrogen and oxygen atoms in total. The van der Waals surface area contributed by atoms with Crippen molar-refractivity contribution < 1.29 is 80.2 Å². The first-order valence-electron chi connectivity index (χ1n) is 35.8. The average Bonchev–Trinajstić information content (AvgIpc) is 1.32. The van der Waals surface area contributed by atoms with E-state index in [0.717, 1.165) is 173 Å². The number of phosphoric acid groups is 2. The monoisotopic (exact) mass is 1360 g/mol. The number of carbonyl (C=O) groups excluding carboxylic acids is 4. The van der Waals surface area contributed by atoms with E-state index in [1.807, 2.05) is 12.2 Å². The molecule has 0 aromatic rings. The lowest BCUT2D eigenvalue weighted by Crippen LogP contribution is -2.30. The van der Waals surface area contributed by atoms with Gasteiger partial charge in [-0.25, -0.2) is 9.13 Å². The van der Waals surface area contributed by atoms with Crippen LogP contribution < -0.4 is 0 Å². The zero-order valence-corrected chi connectivity index (χ0v) is 60.1. The van der Waals surface area contributed by atoms with Crippen LogP contribution in [0, 0.1) is 0 Å². The molecule has 0 heterocycles. The second-order valence-corrected chi connectivity index (χ2v) is 26.3. The highest BCUT2D eigenvalue weighted by atomic mass is 31.2. The summed E-state index contributed by atoms with van der Waals surface area (Å²) in [7, 11) is -9.97. The normalized spacial score (nSPS) is 14.8. The molecular formula is C75H126O17P2. The van der Waals surface area contributed by atoms with Crippen molar-refractivity contribution in [2.24, 2.45) is 0 Å². The van der Waals surface area contributed by atoms with Crippen LogP contribution in [-0.4, -0.2) is 96.7 Å². The Kier molecular flexibility index (Phi) is 63.8. The minimum absolute atomic E-state index is 0.0693. The third kappa shape index (κ3) is 66.1. The van der Waals surface area contributed by atoms with Gasteiger partial charge in [-0.3, -0.25) is 37.3 Å². The van der Waals surface area contributed by atoms with Crippen LogP contribution >= 0.6 is 15.6 Å². The Hall–Kier alpha value is -4.54. The molecule has 0 bridgehead atoms. The van der Waals surface area contributed by atoms with Gasteiger partial charge in [0.2, 0.25) is 0 Å². The maximum Gasteiger partial charge on any atom is 0.472 e. The molecule has 0 aliphatic heterocycles. The Morgan fingerprint density at radius 2 is 0.585 bits per heavy atom. The molecule has 0 radical (unpaired) electrons. The topological polar surface area (TPSA) is 237 Å². The number of carbonyl (C=O) groups is 4. The van der Waals surface area contributed by atoms with Gasteiger partial charge >= 0.3 is 39.5 Å². The summed E-state index contributed by atoms with van der Waals surface area (Å²) in [6, 6.07) is 0. The minimum atomic E-state index is -4.99. The quantitative estimate of drug-likeness (QED) is 0.0169. The van der Waals surface area contributed by atoms with Gasteiger partial charge in [0, 0.05) is 25.7 Å². The lowest BCUT2D eigenvalue weighted by molar-refractivity contribution is -0.161. The lowest BCUT2D eigenvalue weighted by atomic mass is 10.1. The largest absolute Gasteiger partial charge is 0.472 e. The second kappa shape index (κ2) is 67.0. The Morgan fingerprint density at radius 3 is 0.947 bits per heavy atom. The first-order chi connectivity index (χ1) is 45.7. The van der Waals surface area contributed by atoms with Gasteiger partial charge in [0.1, 0.15) is 19.3 Å².